The lowest BCUT2D eigenvalue weighted by Crippen LogP contribution is -2.76. The number of hydrogen-bond donors (Lipinski definition) is 1. The van der Waals surface area contributed by atoms with Gasteiger partial charge >= 0.3 is 5.69 Å². The van der Waals surface area contributed by atoms with E-state index in [1.54, 1.807) is 13.0 Å². The van der Waals surface area contributed by atoms with Crippen molar-refractivity contribution in [1.29, 1.82) is 0 Å². The smallest absolute Gasteiger partial charge is 0.302 e. The van der Waals surface area contributed by atoms with Crippen LogP contribution in [0.25, 0.3) is 10.4 Å². The van der Waals surface area contributed by atoms with E-state index in [2.05, 4.69) is 29.3 Å². The van der Waals surface area contributed by atoms with E-state index >= 15 is 0 Å². The fourth-order valence-corrected chi connectivity index (χ4v) is 9.73. The van der Waals surface area contributed by atoms with Gasteiger partial charge in [-0.25, -0.2) is 0 Å². The van der Waals surface area contributed by atoms with Crippen LogP contribution < -0.4 is 5.43 Å². The lowest BCUT2D eigenvalue weighted by atomic mass is 9.44. The number of Topliss-reactive ketones (excluding diaryl/α,β-unsaturated/α-hetero) is 2. The second-order valence-corrected chi connectivity index (χ2v) is 13.2. The maximum atomic E-state index is 14.5. The Morgan fingerprint density at radius 1 is 1.20 bits per heavy atom. The Bertz CT molecular complexity index is 1450. The molecule has 1 heterocycles. The standard InChI is InChI=1S/C31H38N5O5/c1-5-14-41-28-30(4)18(6-8-20-23-10-9-22(17(2)37)29(23,3)13-12-24(20)30)15-26(38)31(28)27(39)21-16-19(33-35-32)7-11-25(21)36(40)34-31/h7,11,15-16,20,22-24,28H,5-6,8-10,12-14H2,1-4H3,(H,34,40)/q+1/t20-,22+,23-,24-,28?,29+,30-,31?/m0/s1. The zero-order valence-corrected chi connectivity index (χ0v) is 24.2. The van der Waals surface area contributed by atoms with Crippen molar-refractivity contribution in [2.45, 2.75) is 84.3 Å². The first-order valence-corrected chi connectivity index (χ1v) is 14.9. The molecule has 216 valence electrons. The van der Waals surface area contributed by atoms with Crippen molar-refractivity contribution in [1.82, 2.24) is 5.43 Å². The van der Waals surface area contributed by atoms with Crippen LogP contribution in [0.2, 0.25) is 0 Å². The van der Waals surface area contributed by atoms with Crippen LogP contribution in [0.3, 0.4) is 0 Å². The summed E-state index contributed by atoms with van der Waals surface area (Å²) in [4.78, 5) is 58.0. The Kier molecular flexibility index (Phi) is 6.51. The van der Waals surface area contributed by atoms with E-state index in [1.807, 2.05) is 6.92 Å². The number of ether oxygens (including phenoxy) is 1. The van der Waals surface area contributed by atoms with Crippen molar-refractivity contribution in [2.75, 3.05) is 6.61 Å². The van der Waals surface area contributed by atoms with E-state index in [-0.39, 0.29) is 40.0 Å². The summed E-state index contributed by atoms with van der Waals surface area (Å²) in [5.41, 5.74) is 10.3. The molecule has 6 rings (SSSR count). The van der Waals surface area contributed by atoms with E-state index in [0.29, 0.717) is 29.7 Å². The second kappa shape index (κ2) is 9.60. The van der Waals surface area contributed by atoms with E-state index < -0.39 is 28.6 Å². The molecule has 0 amide bonds. The summed E-state index contributed by atoms with van der Waals surface area (Å²) in [7, 11) is 0. The first-order valence-electron chi connectivity index (χ1n) is 14.9. The highest BCUT2D eigenvalue weighted by molar-refractivity contribution is 6.25. The number of ketones is 3. The van der Waals surface area contributed by atoms with Crippen molar-refractivity contribution in [3.63, 3.8) is 0 Å². The molecule has 8 atom stereocenters. The lowest BCUT2D eigenvalue weighted by Gasteiger charge is -2.61. The number of rotatable bonds is 5. The van der Waals surface area contributed by atoms with Gasteiger partial charge in [-0.15, -0.1) is 5.43 Å². The van der Waals surface area contributed by atoms with Gasteiger partial charge in [0.2, 0.25) is 11.3 Å². The SMILES string of the molecule is CCCOC1C2(N[N+](=O)c3ccc(N=[N+]=[N-])cc3C2=O)C(=O)C=C2CC[C@H]3[C@@H]4CC[C@H](C(C)=O)[C@@]4(C)CC[C@@H]3[C@]21C. The molecule has 2 unspecified atom stereocenters. The molecule has 41 heavy (non-hydrogen) atoms. The molecule has 1 aliphatic heterocycles. The van der Waals surface area contributed by atoms with Crippen LogP contribution in [0.4, 0.5) is 11.4 Å². The molecule has 10 heteroatoms. The number of hydrazine groups is 1. The van der Waals surface area contributed by atoms with Gasteiger partial charge in [0.1, 0.15) is 17.5 Å². The molecule has 5 aliphatic rings. The highest BCUT2D eigenvalue weighted by atomic mass is 16.5. The Morgan fingerprint density at radius 2 is 1.98 bits per heavy atom. The number of azide groups is 1. The van der Waals surface area contributed by atoms with Crippen molar-refractivity contribution in [3.8, 4) is 0 Å². The zero-order chi connectivity index (χ0) is 29.3. The zero-order valence-electron chi connectivity index (χ0n) is 24.2. The van der Waals surface area contributed by atoms with E-state index in [4.69, 9.17) is 10.3 Å². The predicted octanol–water partition coefficient (Wildman–Crippen LogP) is 6.23. The predicted molar refractivity (Wildman–Crippen MR) is 150 cm³/mol. The van der Waals surface area contributed by atoms with E-state index in [9.17, 15) is 19.3 Å². The minimum absolute atomic E-state index is 0.0335. The van der Waals surface area contributed by atoms with Gasteiger partial charge in [0, 0.05) is 34.6 Å². The summed E-state index contributed by atoms with van der Waals surface area (Å²) in [5.74, 6) is 0.154. The van der Waals surface area contributed by atoms with Crippen LogP contribution in [0.1, 0.15) is 83.0 Å². The topological polar surface area (TPSA) is 141 Å². The number of carbonyl (C=O) groups is 3. The average molecular weight is 561 g/mol. The number of nitrogens with zero attached hydrogens (tertiary/aromatic N) is 4. The number of nitrogens with one attached hydrogen (secondary N) is 1. The Hall–Kier alpha value is -3.36. The fourth-order valence-electron chi connectivity index (χ4n) is 9.73. The molecule has 3 saturated carbocycles. The molecule has 0 radical (unpaired) electrons. The molecular formula is C31H38N5O5+. The number of benzene rings is 1. The van der Waals surface area contributed by atoms with E-state index in [0.717, 1.165) is 44.1 Å². The molecule has 1 N–H and O–H groups in total. The molecule has 1 aromatic carbocycles. The average Bonchev–Trinajstić information content (AvgIpc) is 3.30. The summed E-state index contributed by atoms with van der Waals surface area (Å²) < 4.78 is 6.58. The number of nitroso groups, excluding NO2 is 1. The van der Waals surface area contributed by atoms with Gasteiger partial charge in [0.25, 0.3) is 0 Å². The molecule has 4 aliphatic carbocycles. The van der Waals surface area contributed by atoms with Crippen LogP contribution in [0.5, 0.6) is 0 Å². The summed E-state index contributed by atoms with van der Waals surface area (Å²) in [6, 6.07) is 4.27. The summed E-state index contributed by atoms with van der Waals surface area (Å²) in [6.45, 7) is 8.44. The van der Waals surface area contributed by atoms with Crippen LogP contribution in [-0.2, 0) is 14.3 Å². The molecule has 0 saturated heterocycles. The molecule has 0 bridgehead atoms. The van der Waals surface area contributed by atoms with Crippen molar-refractivity contribution >= 4 is 28.7 Å². The van der Waals surface area contributed by atoms with Crippen LogP contribution in [0.15, 0.2) is 35.0 Å². The third-order valence-corrected chi connectivity index (χ3v) is 11.5. The van der Waals surface area contributed by atoms with Gasteiger partial charge in [-0.2, -0.15) is 0 Å². The van der Waals surface area contributed by atoms with Crippen LogP contribution in [0, 0.1) is 39.4 Å². The largest absolute Gasteiger partial charge is 0.374 e. The first-order chi connectivity index (χ1) is 19.5. The highest BCUT2D eigenvalue weighted by Gasteiger charge is 2.71. The van der Waals surface area contributed by atoms with Crippen LogP contribution >= 0.6 is 0 Å². The number of fused-ring (bicyclic) bond motifs is 6. The Balaban J connectivity index is 1.49. The van der Waals surface area contributed by atoms with Gasteiger partial charge in [-0.1, -0.05) is 31.5 Å². The van der Waals surface area contributed by atoms with Gasteiger partial charge in [-0.05, 0) is 98.8 Å². The van der Waals surface area contributed by atoms with Crippen molar-refractivity contribution in [3.05, 3.63) is 50.8 Å². The molecular weight excluding hydrogens is 522 g/mol. The fraction of sp³-hybridized carbons (Fsp3) is 0.645. The molecule has 1 aromatic rings. The second-order valence-electron chi connectivity index (χ2n) is 13.2. The quantitative estimate of drug-likeness (QED) is 0.149. The Morgan fingerprint density at radius 3 is 2.68 bits per heavy atom. The normalized spacial score (nSPS) is 39.1. The lowest BCUT2D eigenvalue weighted by molar-refractivity contribution is -0.544. The molecule has 3 fully saturated rings. The third-order valence-electron chi connectivity index (χ3n) is 11.5. The van der Waals surface area contributed by atoms with Gasteiger partial charge in [-0.3, -0.25) is 14.4 Å². The van der Waals surface area contributed by atoms with E-state index in [1.165, 1.54) is 18.2 Å². The minimum Gasteiger partial charge on any atom is -0.374 e. The third kappa shape index (κ3) is 3.66. The number of hydrogen-bond acceptors (Lipinski definition) is 6. The number of carbonyl (C=O) groups excluding carboxylic acids is 3. The summed E-state index contributed by atoms with van der Waals surface area (Å²) in [5, 5.41) is 3.62. The maximum absolute atomic E-state index is 14.5. The first kappa shape index (κ1) is 27.8. The minimum atomic E-state index is -1.95. The molecule has 1 spiro atoms. The maximum Gasteiger partial charge on any atom is 0.302 e. The molecule has 10 nitrogen and oxygen atoms in total. The summed E-state index contributed by atoms with van der Waals surface area (Å²) >= 11 is 0. The van der Waals surface area contributed by atoms with Crippen LogP contribution in [-0.4, -0.2) is 40.5 Å². The Labute approximate surface area is 239 Å². The van der Waals surface area contributed by atoms with Crippen molar-refractivity contribution < 1.29 is 24.0 Å². The van der Waals surface area contributed by atoms with Gasteiger partial charge in [0.15, 0.2) is 10.7 Å². The van der Waals surface area contributed by atoms with Crippen molar-refractivity contribution in [2.24, 2.45) is 39.6 Å². The summed E-state index contributed by atoms with van der Waals surface area (Å²) in [6.07, 6.45) is 6.70. The van der Waals surface area contributed by atoms with Gasteiger partial charge in [0.05, 0.1) is 4.91 Å². The highest BCUT2D eigenvalue weighted by Crippen LogP contribution is 2.67. The molecule has 0 aromatic heterocycles. The van der Waals surface area contributed by atoms with Gasteiger partial charge < -0.3 is 4.74 Å². The monoisotopic (exact) mass is 560 g/mol.